The molecule has 2 aromatic rings. The lowest BCUT2D eigenvalue weighted by molar-refractivity contribution is -0.144. The van der Waals surface area contributed by atoms with E-state index in [0.29, 0.717) is 0 Å². The predicted molar refractivity (Wildman–Crippen MR) is 88.8 cm³/mol. The number of amides is 4. The van der Waals surface area contributed by atoms with Crippen LogP contribution in [0.25, 0.3) is 0 Å². The number of aryl methyl sites for hydroxylation is 1. The molecule has 1 unspecified atom stereocenters. The Balaban J connectivity index is 1.84. The number of hydrogen-bond donors (Lipinski definition) is 0. The molecule has 1 atom stereocenters. The summed E-state index contributed by atoms with van der Waals surface area (Å²) >= 11 is 0. The van der Waals surface area contributed by atoms with E-state index in [4.69, 9.17) is 0 Å². The second kappa shape index (κ2) is 6.28. The molecule has 0 spiro atoms. The van der Waals surface area contributed by atoms with Crippen molar-refractivity contribution in [3.05, 3.63) is 71.3 Å². The summed E-state index contributed by atoms with van der Waals surface area (Å²) in [5.74, 6) is -1.55. The van der Waals surface area contributed by atoms with E-state index in [2.05, 4.69) is 0 Å². The molecule has 0 bridgehead atoms. The molecule has 0 radical (unpaired) electrons. The molecule has 0 aromatic heterocycles. The number of carbonyl (C=O) groups excluding carboxylic acids is 3. The van der Waals surface area contributed by atoms with Crippen LogP contribution in [0.1, 0.15) is 29.7 Å². The van der Waals surface area contributed by atoms with Gasteiger partial charge in [-0.1, -0.05) is 60.2 Å². The first-order valence-electron chi connectivity index (χ1n) is 7.78. The molecule has 0 saturated carbocycles. The highest BCUT2D eigenvalue weighted by atomic mass is 16.2. The van der Waals surface area contributed by atoms with E-state index >= 15 is 0 Å². The Morgan fingerprint density at radius 1 is 0.875 bits per heavy atom. The molecule has 5 nitrogen and oxygen atoms in total. The number of carbonyl (C=O) groups is 3. The lowest BCUT2D eigenvalue weighted by atomic mass is 10.1. The maximum atomic E-state index is 12.6. The van der Waals surface area contributed by atoms with Gasteiger partial charge in [-0.05, 0) is 25.0 Å². The van der Waals surface area contributed by atoms with Gasteiger partial charge in [0.15, 0.2) is 0 Å². The molecule has 1 fully saturated rings. The minimum absolute atomic E-state index is 0.0989. The first-order valence-corrected chi connectivity index (χ1v) is 7.78. The first-order chi connectivity index (χ1) is 11.5. The third-order valence-corrected chi connectivity index (χ3v) is 4.21. The Hall–Kier alpha value is -2.95. The number of hydrogen-bond acceptors (Lipinski definition) is 3. The smallest absolute Gasteiger partial charge is 0.263 e. The molecule has 24 heavy (non-hydrogen) atoms. The van der Waals surface area contributed by atoms with Crippen molar-refractivity contribution in [2.75, 3.05) is 0 Å². The zero-order chi connectivity index (χ0) is 17.3. The molecular formula is C19H18N2O3. The maximum absolute atomic E-state index is 12.6. The van der Waals surface area contributed by atoms with E-state index in [-0.39, 0.29) is 6.54 Å². The lowest BCUT2D eigenvalue weighted by Gasteiger charge is -2.22. The van der Waals surface area contributed by atoms with E-state index < -0.39 is 23.9 Å². The SMILES string of the molecule is Cc1ccc(CN2C(=O)C(=O)N(C(C)c3ccccc3)C2=O)cc1. The summed E-state index contributed by atoms with van der Waals surface area (Å²) in [5.41, 5.74) is 2.71. The van der Waals surface area contributed by atoms with Gasteiger partial charge in [0, 0.05) is 0 Å². The van der Waals surface area contributed by atoms with Crippen LogP contribution in [0.2, 0.25) is 0 Å². The minimum Gasteiger partial charge on any atom is -0.263 e. The average Bonchev–Trinajstić information content (AvgIpc) is 2.80. The molecule has 122 valence electrons. The third kappa shape index (κ3) is 2.80. The van der Waals surface area contributed by atoms with E-state index in [1.165, 1.54) is 0 Å². The van der Waals surface area contributed by atoms with E-state index in [1.807, 2.05) is 61.5 Å². The zero-order valence-corrected chi connectivity index (χ0v) is 13.6. The summed E-state index contributed by atoms with van der Waals surface area (Å²) in [6, 6.07) is 15.7. The van der Waals surface area contributed by atoms with Crippen LogP contribution < -0.4 is 0 Å². The van der Waals surface area contributed by atoms with Crippen molar-refractivity contribution in [2.45, 2.75) is 26.4 Å². The quantitative estimate of drug-likeness (QED) is 0.642. The minimum atomic E-state index is -0.775. The molecule has 0 N–H and O–H groups in total. The van der Waals surface area contributed by atoms with Crippen molar-refractivity contribution < 1.29 is 14.4 Å². The van der Waals surface area contributed by atoms with Crippen molar-refractivity contribution in [1.29, 1.82) is 0 Å². The number of imide groups is 2. The summed E-state index contributed by atoms with van der Waals surface area (Å²) in [6.45, 7) is 3.80. The molecule has 1 aliphatic heterocycles. The fourth-order valence-electron chi connectivity index (χ4n) is 2.76. The number of urea groups is 1. The highest BCUT2D eigenvalue weighted by molar-refractivity contribution is 6.44. The number of rotatable bonds is 4. The monoisotopic (exact) mass is 322 g/mol. The van der Waals surface area contributed by atoms with Gasteiger partial charge in [0.2, 0.25) is 0 Å². The second-order valence-corrected chi connectivity index (χ2v) is 5.92. The normalized spacial score (nSPS) is 16.0. The van der Waals surface area contributed by atoms with Gasteiger partial charge in [-0.3, -0.25) is 14.5 Å². The van der Waals surface area contributed by atoms with Crippen molar-refractivity contribution in [3.8, 4) is 0 Å². The molecule has 3 rings (SSSR count). The van der Waals surface area contributed by atoms with Crippen molar-refractivity contribution >= 4 is 17.8 Å². The van der Waals surface area contributed by atoms with E-state index in [1.54, 1.807) is 6.92 Å². The Labute approximate surface area is 140 Å². The van der Waals surface area contributed by atoms with Gasteiger partial charge < -0.3 is 0 Å². The van der Waals surface area contributed by atoms with E-state index in [0.717, 1.165) is 26.5 Å². The molecule has 5 heteroatoms. The fraction of sp³-hybridized carbons (Fsp3) is 0.211. The summed E-state index contributed by atoms with van der Waals surface area (Å²) in [4.78, 5) is 39.2. The number of benzene rings is 2. The maximum Gasteiger partial charge on any atom is 0.335 e. The van der Waals surface area contributed by atoms with Crippen LogP contribution in [0.5, 0.6) is 0 Å². The number of nitrogens with zero attached hydrogens (tertiary/aromatic N) is 2. The highest BCUT2D eigenvalue weighted by Crippen LogP contribution is 2.27. The highest BCUT2D eigenvalue weighted by Gasteiger charge is 2.46. The molecular weight excluding hydrogens is 304 g/mol. The molecule has 1 saturated heterocycles. The molecule has 0 aliphatic carbocycles. The van der Waals surface area contributed by atoms with Crippen molar-refractivity contribution in [3.63, 3.8) is 0 Å². The average molecular weight is 322 g/mol. The topological polar surface area (TPSA) is 57.7 Å². The summed E-state index contributed by atoms with van der Waals surface area (Å²) in [7, 11) is 0. The van der Waals surface area contributed by atoms with Crippen LogP contribution >= 0.6 is 0 Å². The van der Waals surface area contributed by atoms with Crippen molar-refractivity contribution in [1.82, 2.24) is 9.80 Å². The van der Waals surface area contributed by atoms with Gasteiger partial charge in [0.05, 0.1) is 12.6 Å². The summed E-state index contributed by atoms with van der Waals surface area (Å²) in [6.07, 6.45) is 0. The van der Waals surface area contributed by atoms with Crippen LogP contribution in [0, 0.1) is 6.92 Å². The zero-order valence-electron chi connectivity index (χ0n) is 13.6. The summed E-state index contributed by atoms with van der Waals surface area (Å²) in [5, 5.41) is 0. The van der Waals surface area contributed by atoms with Crippen LogP contribution in [0.4, 0.5) is 4.79 Å². The van der Waals surface area contributed by atoms with Gasteiger partial charge in [0.1, 0.15) is 0 Å². The standard InChI is InChI=1S/C19H18N2O3/c1-13-8-10-15(11-9-13)12-20-17(22)18(23)21(19(20)24)14(2)16-6-4-3-5-7-16/h3-11,14H,12H2,1-2H3. The lowest BCUT2D eigenvalue weighted by Crippen LogP contribution is -2.35. The Bertz CT molecular complexity index is 784. The van der Waals surface area contributed by atoms with E-state index in [9.17, 15) is 14.4 Å². The van der Waals surface area contributed by atoms with Crippen LogP contribution in [0.15, 0.2) is 54.6 Å². The van der Waals surface area contributed by atoms with Gasteiger partial charge in [0.25, 0.3) is 0 Å². The first kappa shape index (κ1) is 15.9. The molecule has 1 aliphatic rings. The van der Waals surface area contributed by atoms with Gasteiger partial charge >= 0.3 is 17.8 Å². The van der Waals surface area contributed by atoms with Gasteiger partial charge in [-0.15, -0.1) is 0 Å². The Morgan fingerprint density at radius 3 is 2.12 bits per heavy atom. The molecule has 1 heterocycles. The largest absolute Gasteiger partial charge is 0.335 e. The fourth-order valence-corrected chi connectivity index (χ4v) is 2.76. The predicted octanol–water partition coefficient (Wildman–Crippen LogP) is 3.05. The Morgan fingerprint density at radius 2 is 1.50 bits per heavy atom. The van der Waals surface area contributed by atoms with Gasteiger partial charge in [-0.2, -0.15) is 0 Å². The van der Waals surface area contributed by atoms with Crippen LogP contribution in [-0.2, 0) is 16.1 Å². The Kier molecular flexibility index (Phi) is 4.16. The summed E-state index contributed by atoms with van der Waals surface area (Å²) < 4.78 is 0. The van der Waals surface area contributed by atoms with Crippen molar-refractivity contribution in [2.24, 2.45) is 0 Å². The molecule has 4 amide bonds. The molecule has 2 aromatic carbocycles. The third-order valence-electron chi connectivity index (χ3n) is 4.21. The van der Waals surface area contributed by atoms with Crippen LogP contribution in [-0.4, -0.2) is 27.6 Å². The second-order valence-electron chi connectivity index (χ2n) is 5.92. The van der Waals surface area contributed by atoms with Crippen LogP contribution in [0.3, 0.4) is 0 Å². The van der Waals surface area contributed by atoms with Gasteiger partial charge in [-0.25, -0.2) is 9.69 Å².